The molecule has 0 saturated heterocycles. The molecule has 2 aromatic rings. The van der Waals surface area contributed by atoms with Crippen LogP contribution in [0.1, 0.15) is 37.7 Å². The van der Waals surface area contributed by atoms with Gasteiger partial charge in [0, 0.05) is 5.41 Å². The molecule has 0 spiro atoms. The van der Waals surface area contributed by atoms with Crippen LogP contribution in [0, 0.1) is 13.8 Å². The van der Waals surface area contributed by atoms with Gasteiger partial charge in [0.05, 0.1) is 5.69 Å². The lowest BCUT2D eigenvalue weighted by atomic mass is 9.95. The molecule has 0 atom stereocenters. The summed E-state index contributed by atoms with van der Waals surface area (Å²) < 4.78 is 1.85. The lowest BCUT2D eigenvalue weighted by molar-refractivity contribution is 0.525. The molecule has 2 rings (SSSR count). The predicted molar refractivity (Wildman–Crippen MR) is 67.3 cm³/mol. The Balaban J connectivity index is 2.66. The molecule has 0 fully saturated rings. The van der Waals surface area contributed by atoms with Crippen molar-refractivity contribution in [3.63, 3.8) is 0 Å². The topological polar surface area (TPSA) is 43.6 Å². The average Bonchev–Trinajstić information content (AvgIpc) is 2.65. The number of hydrogen-bond acceptors (Lipinski definition) is 3. The predicted octanol–water partition coefficient (Wildman–Crippen LogP) is 2.58. The largest absolute Gasteiger partial charge is 0.196 e. The van der Waals surface area contributed by atoms with Crippen molar-refractivity contribution < 1.29 is 0 Å². The molecule has 0 aliphatic carbocycles. The third-order valence-corrected chi connectivity index (χ3v) is 2.79. The highest BCUT2D eigenvalue weighted by molar-refractivity contribution is 5.46. The molecule has 90 valence electrons. The van der Waals surface area contributed by atoms with Crippen LogP contribution in [0.15, 0.2) is 18.2 Å². The lowest BCUT2D eigenvalue weighted by Crippen LogP contribution is -2.19. The summed E-state index contributed by atoms with van der Waals surface area (Å²) in [6.45, 7) is 10.5. The van der Waals surface area contributed by atoms with Crippen molar-refractivity contribution in [1.82, 2.24) is 20.2 Å². The van der Waals surface area contributed by atoms with Crippen LogP contribution in [0.2, 0.25) is 0 Å². The molecule has 0 N–H and O–H groups in total. The van der Waals surface area contributed by atoms with Crippen molar-refractivity contribution in [3.8, 4) is 5.69 Å². The number of para-hydroxylation sites is 1. The highest BCUT2D eigenvalue weighted by Crippen LogP contribution is 2.25. The fourth-order valence-electron chi connectivity index (χ4n) is 1.95. The molecule has 0 unspecified atom stereocenters. The first kappa shape index (κ1) is 11.8. The van der Waals surface area contributed by atoms with Crippen molar-refractivity contribution in [1.29, 1.82) is 0 Å². The van der Waals surface area contributed by atoms with Gasteiger partial charge in [-0.3, -0.25) is 0 Å². The third kappa shape index (κ3) is 2.07. The molecule has 0 saturated carbocycles. The van der Waals surface area contributed by atoms with Crippen LogP contribution < -0.4 is 0 Å². The first-order valence-electron chi connectivity index (χ1n) is 5.76. The normalized spacial score (nSPS) is 11.8. The SMILES string of the molecule is Cc1cccc(C)c1-n1nnnc1C(C)(C)C. The molecule has 0 aliphatic heterocycles. The van der Waals surface area contributed by atoms with Gasteiger partial charge in [-0.15, -0.1) is 5.10 Å². The fraction of sp³-hybridized carbons (Fsp3) is 0.462. The van der Waals surface area contributed by atoms with E-state index in [2.05, 4.69) is 68.3 Å². The third-order valence-electron chi connectivity index (χ3n) is 2.79. The zero-order chi connectivity index (χ0) is 12.6. The second-order valence-corrected chi connectivity index (χ2v) is 5.40. The highest BCUT2D eigenvalue weighted by atomic mass is 15.5. The van der Waals surface area contributed by atoms with Gasteiger partial charge >= 0.3 is 0 Å². The monoisotopic (exact) mass is 230 g/mol. The van der Waals surface area contributed by atoms with Crippen molar-refractivity contribution in [3.05, 3.63) is 35.2 Å². The summed E-state index contributed by atoms with van der Waals surface area (Å²) in [7, 11) is 0. The van der Waals surface area contributed by atoms with Crippen LogP contribution in [0.3, 0.4) is 0 Å². The number of benzene rings is 1. The smallest absolute Gasteiger partial charge is 0.162 e. The van der Waals surface area contributed by atoms with Gasteiger partial charge in [0.2, 0.25) is 0 Å². The van der Waals surface area contributed by atoms with E-state index in [1.807, 2.05) is 4.68 Å². The van der Waals surface area contributed by atoms with Crippen LogP contribution >= 0.6 is 0 Å². The zero-order valence-electron chi connectivity index (χ0n) is 11.0. The van der Waals surface area contributed by atoms with Crippen LogP contribution in [0.25, 0.3) is 5.69 Å². The Morgan fingerprint density at radius 1 is 1.06 bits per heavy atom. The van der Waals surface area contributed by atoms with E-state index in [4.69, 9.17) is 0 Å². The summed E-state index contributed by atoms with van der Waals surface area (Å²) in [5, 5.41) is 12.1. The van der Waals surface area contributed by atoms with E-state index < -0.39 is 0 Å². The van der Waals surface area contributed by atoms with Gasteiger partial charge in [0.15, 0.2) is 5.82 Å². The average molecular weight is 230 g/mol. The number of aromatic nitrogens is 4. The van der Waals surface area contributed by atoms with E-state index in [9.17, 15) is 0 Å². The van der Waals surface area contributed by atoms with Crippen LogP contribution in [0.4, 0.5) is 0 Å². The minimum absolute atomic E-state index is 0.0712. The van der Waals surface area contributed by atoms with Gasteiger partial charge in [-0.1, -0.05) is 39.0 Å². The Bertz CT molecular complexity index is 514. The molecule has 1 aromatic carbocycles. The summed E-state index contributed by atoms with van der Waals surface area (Å²) in [6.07, 6.45) is 0. The highest BCUT2D eigenvalue weighted by Gasteiger charge is 2.23. The fourth-order valence-corrected chi connectivity index (χ4v) is 1.95. The van der Waals surface area contributed by atoms with E-state index in [1.165, 1.54) is 11.1 Å². The molecule has 4 nitrogen and oxygen atoms in total. The Morgan fingerprint density at radius 2 is 1.65 bits per heavy atom. The first-order chi connectivity index (χ1) is 7.91. The quantitative estimate of drug-likeness (QED) is 0.756. The minimum Gasteiger partial charge on any atom is -0.196 e. The van der Waals surface area contributed by atoms with Crippen LogP contribution in [0.5, 0.6) is 0 Å². The number of nitrogens with zero attached hydrogens (tertiary/aromatic N) is 4. The maximum Gasteiger partial charge on any atom is 0.162 e. The number of hydrogen-bond donors (Lipinski definition) is 0. The maximum absolute atomic E-state index is 4.15. The molecular formula is C13H18N4. The zero-order valence-corrected chi connectivity index (χ0v) is 11.0. The molecular weight excluding hydrogens is 212 g/mol. The van der Waals surface area contributed by atoms with Crippen molar-refractivity contribution >= 4 is 0 Å². The summed E-state index contributed by atoms with van der Waals surface area (Å²) in [5.41, 5.74) is 3.38. The maximum atomic E-state index is 4.15. The van der Waals surface area contributed by atoms with Crippen LogP contribution in [-0.2, 0) is 5.41 Å². The second kappa shape index (κ2) is 3.95. The molecule has 17 heavy (non-hydrogen) atoms. The van der Waals surface area contributed by atoms with Gasteiger partial charge in [-0.25, -0.2) is 0 Å². The number of tetrazole rings is 1. The second-order valence-electron chi connectivity index (χ2n) is 5.40. The number of aryl methyl sites for hydroxylation is 2. The van der Waals surface area contributed by atoms with Gasteiger partial charge in [0.25, 0.3) is 0 Å². The molecule has 0 amide bonds. The molecule has 1 aromatic heterocycles. The minimum atomic E-state index is -0.0712. The number of rotatable bonds is 1. The Labute approximate surface area is 102 Å². The molecule has 0 aliphatic rings. The first-order valence-corrected chi connectivity index (χ1v) is 5.76. The Kier molecular flexibility index (Phi) is 2.73. The Hall–Kier alpha value is -1.71. The van der Waals surface area contributed by atoms with Gasteiger partial charge < -0.3 is 0 Å². The van der Waals surface area contributed by atoms with Crippen LogP contribution in [-0.4, -0.2) is 20.2 Å². The van der Waals surface area contributed by atoms with Crippen molar-refractivity contribution in [2.24, 2.45) is 0 Å². The van der Waals surface area contributed by atoms with E-state index in [0.717, 1.165) is 11.5 Å². The Morgan fingerprint density at radius 3 is 2.18 bits per heavy atom. The summed E-state index contributed by atoms with van der Waals surface area (Å²) in [5.74, 6) is 0.884. The lowest BCUT2D eigenvalue weighted by Gasteiger charge is -2.19. The van der Waals surface area contributed by atoms with E-state index >= 15 is 0 Å². The summed E-state index contributed by atoms with van der Waals surface area (Å²) in [4.78, 5) is 0. The van der Waals surface area contributed by atoms with Gasteiger partial charge in [0.1, 0.15) is 0 Å². The van der Waals surface area contributed by atoms with Crippen molar-refractivity contribution in [2.75, 3.05) is 0 Å². The summed E-state index contributed by atoms with van der Waals surface area (Å²) in [6, 6.07) is 6.21. The van der Waals surface area contributed by atoms with E-state index in [0.29, 0.717) is 0 Å². The molecule has 1 heterocycles. The standard InChI is InChI=1S/C13H18N4/c1-9-7-6-8-10(2)11(9)17-12(13(3,4)5)14-15-16-17/h6-8H,1-5H3. The van der Waals surface area contributed by atoms with Crippen molar-refractivity contribution in [2.45, 2.75) is 40.0 Å². The van der Waals surface area contributed by atoms with E-state index in [-0.39, 0.29) is 5.41 Å². The van der Waals surface area contributed by atoms with Gasteiger partial charge in [-0.2, -0.15) is 4.68 Å². The van der Waals surface area contributed by atoms with Gasteiger partial charge in [-0.05, 0) is 35.4 Å². The van der Waals surface area contributed by atoms with E-state index in [1.54, 1.807) is 0 Å². The molecule has 0 bridgehead atoms. The molecule has 4 heteroatoms. The summed E-state index contributed by atoms with van der Waals surface area (Å²) >= 11 is 0. The molecule has 0 radical (unpaired) electrons.